The fourth-order valence-electron chi connectivity index (χ4n) is 4.98. The molecule has 4 heterocycles. The number of carbonyl (C=O) groups is 1. The monoisotopic (exact) mass is 473 g/mol. The van der Waals surface area contributed by atoms with Gasteiger partial charge in [0.15, 0.2) is 5.65 Å². The minimum Gasteiger partial charge on any atom is -0.404 e. The molecular weight excluding hydrogens is 442 g/mol. The number of piperidine rings is 1. The van der Waals surface area contributed by atoms with Crippen LogP contribution < -0.4 is 11.5 Å². The molecule has 2 aliphatic heterocycles. The van der Waals surface area contributed by atoms with Crippen LogP contribution in [-0.2, 0) is 9.53 Å². The fourth-order valence-corrected chi connectivity index (χ4v) is 4.98. The number of amidine groups is 1. The van der Waals surface area contributed by atoms with Crippen molar-refractivity contribution >= 4 is 28.6 Å². The molecule has 2 aromatic heterocycles. The number of fused-ring (bicyclic) bond motifs is 1. The zero-order valence-corrected chi connectivity index (χ0v) is 19.7. The average molecular weight is 474 g/mol. The van der Waals surface area contributed by atoms with Gasteiger partial charge in [-0.15, -0.1) is 0 Å². The number of aromatic amines is 1. The zero-order chi connectivity index (χ0) is 24.2. The van der Waals surface area contributed by atoms with Crippen LogP contribution in [0.15, 0.2) is 59.4 Å². The smallest absolute Gasteiger partial charge is 0.259 e. The lowest BCUT2D eigenvalue weighted by molar-refractivity contribution is -0.127. The zero-order valence-electron chi connectivity index (χ0n) is 19.7. The van der Waals surface area contributed by atoms with Gasteiger partial charge in [-0.3, -0.25) is 4.79 Å². The van der Waals surface area contributed by atoms with Crippen LogP contribution in [0.25, 0.3) is 11.2 Å². The third-order valence-electron chi connectivity index (χ3n) is 6.95. The quantitative estimate of drug-likeness (QED) is 0.296. The van der Waals surface area contributed by atoms with Crippen molar-refractivity contribution in [2.24, 2.45) is 16.5 Å². The normalized spacial score (nSPS) is 18.8. The van der Waals surface area contributed by atoms with E-state index in [0.29, 0.717) is 30.6 Å². The van der Waals surface area contributed by atoms with Crippen molar-refractivity contribution in [3.05, 3.63) is 65.8 Å². The van der Waals surface area contributed by atoms with E-state index >= 15 is 0 Å². The molecule has 5 rings (SSSR count). The number of ether oxygens (including phenoxy) is 1. The molecule has 0 atom stereocenters. The number of likely N-dealkylation sites (tertiary alicyclic amines) is 1. The lowest BCUT2D eigenvalue weighted by atomic mass is 9.89. The lowest BCUT2D eigenvalue weighted by Gasteiger charge is -2.32. The van der Waals surface area contributed by atoms with E-state index in [-0.39, 0.29) is 17.3 Å². The Kier molecular flexibility index (Phi) is 6.76. The van der Waals surface area contributed by atoms with Crippen LogP contribution in [0, 0.1) is 0 Å². The Labute approximate surface area is 204 Å². The van der Waals surface area contributed by atoms with E-state index in [1.165, 1.54) is 11.8 Å². The van der Waals surface area contributed by atoms with Gasteiger partial charge < -0.3 is 26.1 Å². The first-order chi connectivity index (χ1) is 17.1. The van der Waals surface area contributed by atoms with E-state index in [2.05, 4.69) is 21.0 Å². The van der Waals surface area contributed by atoms with Crippen molar-refractivity contribution in [1.29, 1.82) is 0 Å². The number of imidazole rings is 1. The predicted octanol–water partition coefficient (Wildman–Crippen LogP) is 3.09. The van der Waals surface area contributed by atoms with Gasteiger partial charge in [0.1, 0.15) is 11.7 Å². The summed E-state index contributed by atoms with van der Waals surface area (Å²) in [5.74, 6) is 1.64. The number of aliphatic imine (C=N–C) groups is 1. The Bertz CT molecular complexity index is 1240. The molecule has 0 spiro atoms. The van der Waals surface area contributed by atoms with Crippen molar-refractivity contribution in [2.45, 2.75) is 37.5 Å². The number of hydrogen-bond acceptors (Lipinski definition) is 6. The predicted molar refractivity (Wildman–Crippen MR) is 135 cm³/mol. The summed E-state index contributed by atoms with van der Waals surface area (Å²) < 4.78 is 5.50. The molecule has 0 unspecified atom stereocenters. The third-order valence-corrected chi connectivity index (χ3v) is 6.95. The highest BCUT2D eigenvalue weighted by Crippen LogP contribution is 2.34. The maximum absolute atomic E-state index is 13.2. The van der Waals surface area contributed by atoms with Gasteiger partial charge in [0.05, 0.1) is 16.8 Å². The molecule has 0 saturated carbocycles. The van der Waals surface area contributed by atoms with Gasteiger partial charge in [0.25, 0.3) is 5.91 Å². The number of aromatic nitrogens is 3. The van der Waals surface area contributed by atoms with Crippen LogP contribution in [0.5, 0.6) is 0 Å². The number of hydrogen-bond donors (Lipinski definition) is 3. The van der Waals surface area contributed by atoms with Gasteiger partial charge in [0.2, 0.25) is 0 Å². The Morgan fingerprint density at radius 2 is 1.83 bits per heavy atom. The number of H-pyrrole nitrogens is 1. The summed E-state index contributed by atoms with van der Waals surface area (Å²) in [6, 6.07) is 11.4. The molecule has 2 saturated heterocycles. The highest BCUT2D eigenvalue weighted by molar-refractivity contribution is 6.20. The Hall–Kier alpha value is -3.72. The molecule has 0 aliphatic carbocycles. The number of carbonyl (C=O) groups excluding carboxylic acids is 1. The van der Waals surface area contributed by atoms with Crippen LogP contribution in [-0.4, -0.2) is 57.9 Å². The van der Waals surface area contributed by atoms with Crippen molar-refractivity contribution in [2.75, 3.05) is 26.3 Å². The number of benzene rings is 1. The summed E-state index contributed by atoms with van der Waals surface area (Å²) in [4.78, 5) is 32.2. The third kappa shape index (κ3) is 4.90. The summed E-state index contributed by atoms with van der Waals surface area (Å²) in [6.45, 7) is 2.77. The maximum Gasteiger partial charge on any atom is 0.259 e. The summed E-state index contributed by atoms with van der Waals surface area (Å²) in [7, 11) is 0. The van der Waals surface area contributed by atoms with Crippen LogP contribution in [0.2, 0.25) is 0 Å². The van der Waals surface area contributed by atoms with Crippen molar-refractivity contribution < 1.29 is 9.53 Å². The van der Waals surface area contributed by atoms with Crippen LogP contribution in [0.1, 0.15) is 48.9 Å². The molecule has 3 aromatic rings. The van der Waals surface area contributed by atoms with Gasteiger partial charge in [-0.2, -0.15) is 0 Å². The first-order valence-corrected chi connectivity index (χ1v) is 12.2. The number of nitrogens with zero attached hydrogens (tertiary/aromatic N) is 4. The van der Waals surface area contributed by atoms with Crippen molar-refractivity contribution in [3.63, 3.8) is 0 Å². The highest BCUT2D eigenvalue weighted by Gasteiger charge is 2.29. The van der Waals surface area contributed by atoms with E-state index in [0.717, 1.165) is 55.9 Å². The highest BCUT2D eigenvalue weighted by atomic mass is 16.5. The number of rotatable bonds is 5. The van der Waals surface area contributed by atoms with Gasteiger partial charge >= 0.3 is 0 Å². The average Bonchev–Trinajstić information content (AvgIpc) is 3.35. The summed E-state index contributed by atoms with van der Waals surface area (Å²) >= 11 is 0. The Morgan fingerprint density at radius 3 is 2.54 bits per heavy atom. The maximum atomic E-state index is 13.2. The van der Waals surface area contributed by atoms with E-state index < -0.39 is 0 Å². The topological polar surface area (TPSA) is 136 Å². The molecule has 1 amide bonds. The minimum atomic E-state index is -0.189. The van der Waals surface area contributed by atoms with Crippen LogP contribution >= 0.6 is 0 Å². The molecule has 0 bridgehead atoms. The van der Waals surface area contributed by atoms with Crippen molar-refractivity contribution in [3.8, 4) is 0 Å². The summed E-state index contributed by atoms with van der Waals surface area (Å²) in [6.07, 6.45) is 6.71. The minimum absolute atomic E-state index is 0.125. The number of nitrogens with two attached hydrogens (primary N) is 2. The standard InChI is InChI=1S/C26H31N7O2/c27-16-21(23(28)30-19-4-2-1-3-5-19)26(34)33-12-7-17(8-13-33)20-6-11-29-25-22(20)31-24(32-25)18-9-14-35-15-10-18/h1-6,11,16-18H,7-10,12-15,27H2,(H2,28,30)(H,29,31,32)/b21-16+. The number of para-hydroxylation sites is 1. The van der Waals surface area contributed by atoms with Crippen LogP contribution in [0.3, 0.4) is 0 Å². The molecule has 35 heavy (non-hydrogen) atoms. The molecule has 5 N–H and O–H groups in total. The molecule has 2 aliphatic rings. The fraction of sp³-hybridized carbons (Fsp3) is 0.385. The molecule has 9 heteroatoms. The SMILES string of the molecule is N/C=C(/C(=O)N1CCC(c2ccnc3nc(C4CCOCC4)[nH]c23)CC1)C(N)=Nc1ccccc1. The molecule has 182 valence electrons. The second kappa shape index (κ2) is 10.3. The number of amides is 1. The largest absolute Gasteiger partial charge is 0.404 e. The molecule has 2 fully saturated rings. The van der Waals surface area contributed by atoms with E-state index in [1.54, 1.807) is 4.90 Å². The van der Waals surface area contributed by atoms with Crippen molar-refractivity contribution in [1.82, 2.24) is 19.9 Å². The van der Waals surface area contributed by atoms with Gasteiger partial charge in [0, 0.05) is 44.6 Å². The first kappa shape index (κ1) is 23.0. The molecule has 0 radical (unpaired) electrons. The Morgan fingerprint density at radius 1 is 1.09 bits per heavy atom. The number of nitrogens with one attached hydrogen (secondary N) is 1. The van der Waals surface area contributed by atoms with Gasteiger partial charge in [-0.1, -0.05) is 18.2 Å². The molecule has 1 aromatic carbocycles. The lowest BCUT2D eigenvalue weighted by Crippen LogP contribution is -2.41. The Balaban J connectivity index is 1.28. The van der Waals surface area contributed by atoms with Crippen LogP contribution in [0.4, 0.5) is 5.69 Å². The van der Waals surface area contributed by atoms with Gasteiger partial charge in [-0.25, -0.2) is 15.0 Å². The number of pyridine rings is 1. The summed E-state index contributed by atoms with van der Waals surface area (Å²) in [5, 5.41) is 0. The summed E-state index contributed by atoms with van der Waals surface area (Å²) in [5.41, 5.74) is 15.8. The van der Waals surface area contributed by atoms with E-state index in [9.17, 15) is 4.79 Å². The first-order valence-electron chi connectivity index (χ1n) is 12.2. The second-order valence-electron chi connectivity index (χ2n) is 9.09. The van der Waals surface area contributed by atoms with Gasteiger partial charge in [-0.05, 0) is 55.4 Å². The van der Waals surface area contributed by atoms with E-state index in [1.807, 2.05) is 36.5 Å². The second-order valence-corrected chi connectivity index (χ2v) is 9.09. The van der Waals surface area contributed by atoms with E-state index in [4.69, 9.17) is 21.2 Å². The molecular formula is C26H31N7O2. The molecule has 9 nitrogen and oxygen atoms in total.